The lowest BCUT2D eigenvalue weighted by Crippen LogP contribution is -2.54. The first-order chi connectivity index (χ1) is 18.3. The Balaban J connectivity index is 2.64. The fourth-order valence-electron chi connectivity index (χ4n) is 3.88. The average Bonchev–Trinajstić information content (AvgIpc) is 3.41. The molecule has 0 aromatic carbocycles. The molecule has 1 rings (SSSR count). The van der Waals surface area contributed by atoms with Crippen molar-refractivity contribution in [1.82, 2.24) is 31.5 Å². The standard InChI is InChI=1S/C24H41N7O8/c1-14(2)10-17(30-18(32)11-25)23(38)27-13-20(34)29-16(6-7-21(35)36)22(37)26-12-19(33)28-15(3)24(39)31-8-4-5-9-31/h14-17H,4-13,25H2,1-3H3,(H,26,37)(H,27,38)(H,28,33)(H,29,34)(H,30,32)(H,35,36). The van der Waals surface area contributed by atoms with Crippen LogP contribution in [0.2, 0.25) is 0 Å². The van der Waals surface area contributed by atoms with E-state index in [4.69, 9.17) is 10.8 Å². The van der Waals surface area contributed by atoms with E-state index < -0.39 is 73.1 Å². The average molecular weight is 556 g/mol. The highest BCUT2D eigenvalue weighted by atomic mass is 16.4. The molecule has 3 unspecified atom stereocenters. The number of aliphatic carboxylic acids is 1. The third-order valence-corrected chi connectivity index (χ3v) is 5.85. The van der Waals surface area contributed by atoms with Gasteiger partial charge in [-0.15, -0.1) is 0 Å². The second kappa shape index (κ2) is 17.0. The SMILES string of the molecule is CC(C)CC(NC(=O)CN)C(=O)NCC(=O)NC(CCC(=O)O)C(=O)NCC(=O)NC(C)C(=O)N1CCCC1. The van der Waals surface area contributed by atoms with Gasteiger partial charge in [0.25, 0.3) is 0 Å². The zero-order valence-corrected chi connectivity index (χ0v) is 22.7. The van der Waals surface area contributed by atoms with Crippen LogP contribution >= 0.6 is 0 Å². The number of hydrogen-bond acceptors (Lipinski definition) is 8. The molecule has 0 aromatic rings. The summed E-state index contributed by atoms with van der Waals surface area (Å²) in [5, 5.41) is 21.0. The van der Waals surface area contributed by atoms with Crippen LogP contribution in [-0.4, -0.2) is 102 Å². The minimum Gasteiger partial charge on any atom is -0.481 e. The molecule has 15 nitrogen and oxygen atoms in total. The molecule has 0 aromatic heterocycles. The van der Waals surface area contributed by atoms with Crippen LogP contribution in [0.3, 0.4) is 0 Å². The van der Waals surface area contributed by atoms with Crippen molar-refractivity contribution in [1.29, 1.82) is 0 Å². The molecule has 3 atom stereocenters. The lowest BCUT2D eigenvalue weighted by atomic mass is 10.0. The van der Waals surface area contributed by atoms with Crippen LogP contribution in [0.1, 0.15) is 52.9 Å². The van der Waals surface area contributed by atoms with Crippen LogP contribution in [0, 0.1) is 5.92 Å². The zero-order chi connectivity index (χ0) is 29.5. The molecule has 1 aliphatic heterocycles. The van der Waals surface area contributed by atoms with E-state index in [1.54, 1.807) is 4.90 Å². The number of nitrogens with two attached hydrogens (primary N) is 1. The summed E-state index contributed by atoms with van der Waals surface area (Å²) in [6.07, 6.45) is 1.39. The molecule has 0 saturated carbocycles. The van der Waals surface area contributed by atoms with Gasteiger partial charge in [0.2, 0.25) is 35.4 Å². The summed E-state index contributed by atoms with van der Waals surface area (Å²) in [6, 6.07) is -3.00. The minimum absolute atomic E-state index is 0.0512. The second-order valence-corrected chi connectivity index (χ2v) is 9.76. The van der Waals surface area contributed by atoms with Crippen LogP contribution < -0.4 is 32.3 Å². The largest absolute Gasteiger partial charge is 0.481 e. The molecule has 6 amide bonds. The van der Waals surface area contributed by atoms with E-state index in [0.29, 0.717) is 19.5 Å². The van der Waals surface area contributed by atoms with E-state index in [-0.39, 0.29) is 24.8 Å². The van der Waals surface area contributed by atoms with Crippen molar-refractivity contribution in [3.05, 3.63) is 0 Å². The summed E-state index contributed by atoms with van der Waals surface area (Å²) < 4.78 is 0. The third kappa shape index (κ3) is 13.0. The van der Waals surface area contributed by atoms with Gasteiger partial charge in [0.15, 0.2) is 0 Å². The predicted molar refractivity (Wildman–Crippen MR) is 139 cm³/mol. The summed E-state index contributed by atoms with van der Waals surface area (Å²) in [4.78, 5) is 86.4. The van der Waals surface area contributed by atoms with Crippen LogP contribution in [0.15, 0.2) is 0 Å². The highest BCUT2D eigenvalue weighted by molar-refractivity contribution is 5.94. The normalized spacial score (nSPS) is 15.1. The highest BCUT2D eigenvalue weighted by Gasteiger charge is 2.27. The fraction of sp³-hybridized carbons (Fsp3) is 0.708. The third-order valence-electron chi connectivity index (χ3n) is 5.85. The smallest absolute Gasteiger partial charge is 0.303 e. The van der Waals surface area contributed by atoms with Crippen molar-refractivity contribution >= 4 is 41.4 Å². The van der Waals surface area contributed by atoms with E-state index >= 15 is 0 Å². The summed E-state index contributed by atoms with van der Waals surface area (Å²) in [5.74, 6) is -4.75. The molecule has 0 bridgehead atoms. The molecule has 39 heavy (non-hydrogen) atoms. The van der Waals surface area contributed by atoms with Gasteiger partial charge in [0.1, 0.15) is 18.1 Å². The van der Waals surface area contributed by atoms with Gasteiger partial charge in [-0.2, -0.15) is 0 Å². The Morgan fingerprint density at radius 2 is 1.31 bits per heavy atom. The van der Waals surface area contributed by atoms with E-state index in [2.05, 4.69) is 26.6 Å². The Kier molecular flexibility index (Phi) is 14.5. The van der Waals surface area contributed by atoms with Gasteiger partial charge in [-0.05, 0) is 38.5 Å². The molecule has 0 spiro atoms. The molecule has 1 heterocycles. The number of nitrogens with zero attached hydrogens (tertiary/aromatic N) is 1. The van der Waals surface area contributed by atoms with E-state index in [1.807, 2.05) is 13.8 Å². The molecular weight excluding hydrogens is 514 g/mol. The van der Waals surface area contributed by atoms with Crippen molar-refractivity contribution in [2.24, 2.45) is 11.7 Å². The van der Waals surface area contributed by atoms with Crippen LogP contribution in [-0.2, 0) is 33.6 Å². The first-order valence-electron chi connectivity index (χ1n) is 13.0. The summed E-state index contributed by atoms with van der Waals surface area (Å²) >= 11 is 0. The van der Waals surface area contributed by atoms with Crippen molar-refractivity contribution in [3.63, 3.8) is 0 Å². The van der Waals surface area contributed by atoms with Crippen molar-refractivity contribution in [2.45, 2.75) is 71.0 Å². The summed E-state index contributed by atoms with van der Waals surface area (Å²) in [7, 11) is 0. The van der Waals surface area contributed by atoms with E-state index in [9.17, 15) is 33.6 Å². The van der Waals surface area contributed by atoms with Gasteiger partial charge < -0.3 is 42.3 Å². The number of carboxylic acids is 1. The quantitative estimate of drug-likeness (QED) is 0.104. The van der Waals surface area contributed by atoms with Crippen LogP contribution in [0.4, 0.5) is 0 Å². The molecule has 15 heteroatoms. The molecule has 1 saturated heterocycles. The Morgan fingerprint density at radius 1 is 0.795 bits per heavy atom. The highest BCUT2D eigenvalue weighted by Crippen LogP contribution is 2.09. The number of amides is 6. The summed E-state index contributed by atoms with van der Waals surface area (Å²) in [5.41, 5.74) is 5.28. The maximum atomic E-state index is 12.6. The second-order valence-electron chi connectivity index (χ2n) is 9.76. The Labute approximate surface area is 227 Å². The molecular formula is C24H41N7O8. The van der Waals surface area contributed by atoms with E-state index in [0.717, 1.165) is 12.8 Å². The van der Waals surface area contributed by atoms with Crippen molar-refractivity contribution in [3.8, 4) is 0 Å². The van der Waals surface area contributed by atoms with Gasteiger partial charge in [0, 0.05) is 19.5 Å². The van der Waals surface area contributed by atoms with E-state index in [1.165, 1.54) is 6.92 Å². The zero-order valence-electron chi connectivity index (χ0n) is 22.7. The topological polar surface area (TPSA) is 229 Å². The molecule has 1 aliphatic rings. The maximum absolute atomic E-state index is 12.6. The lowest BCUT2D eigenvalue weighted by Gasteiger charge is -2.22. The minimum atomic E-state index is -1.30. The maximum Gasteiger partial charge on any atom is 0.303 e. The lowest BCUT2D eigenvalue weighted by molar-refractivity contribution is -0.138. The predicted octanol–water partition coefficient (Wildman–Crippen LogP) is -2.81. The first-order valence-corrected chi connectivity index (χ1v) is 13.0. The fourth-order valence-corrected chi connectivity index (χ4v) is 3.88. The number of likely N-dealkylation sites (tertiary alicyclic amines) is 1. The molecule has 1 fully saturated rings. The number of carbonyl (C=O) groups excluding carboxylic acids is 6. The van der Waals surface area contributed by atoms with Gasteiger partial charge in [-0.1, -0.05) is 13.8 Å². The van der Waals surface area contributed by atoms with Gasteiger partial charge >= 0.3 is 5.97 Å². The van der Waals surface area contributed by atoms with Crippen molar-refractivity contribution < 1.29 is 38.7 Å². The molecule has 0 radical (unpaired) electrons. The Bertz CT molecular complexity index is 905. The van der Waals surface area contributed by atoms with Crippen molar-refractivity contribution in [2.75, 3.05) is 32.7 Å². The monoisotopic (exact) mass is 555 g/mol. The molecule has 8 N–H and O–H groups in total. The number of carboxylic acid groups (broad SMARTS) is 1. The molecule has 0 aliphatic carbocycles. The molecule has 220 valence electrons. The van der Waals surface area contributed by atoms with Crippen LogP contribution in [0.5, 0.6) is 0 Å². The summed E-state index contributed by atoms with van der Waals surface area (Å²) in [6.45, 7) is 5.14. The first kappa shape index (κ1) is 33.3. The number of carbonyl (C=O) groups is 7. The Hall–Kier alpha value is -3.75. The van der Waals surface area contributed by atoms with Gasteiger partial charge in [-0.3, -0.25) is 33.6 Å². The number of hydrogen-bond donors (Lipinski definition) is 7. The van der Waals surface area contributed by atoms with Gasteiger partial charge in [-0.25, -0.2) is 0 Å². The van der Waals surface area contributed by atoms with Gasteiger partial charge in [0.05, 0.1) is 19.6 Å². The Morgan fingerprint density at radius 3 is 1.82 bits per heavy atom. The van der Waals surface area contributed by atoms with Crippen LogP contribution in [0.25, 0.3) is 0 Å². The number of nitrogens with one attached hydrogen (secondary N) is 5. The number of rotatable bonds is 16.